The molecule has 0 atom stereocenters. The van der Waals surface area contributed by atoms with E-state index in [1.165, 1.54) is 7.11 Å². The molecule has 0 amide bonds. The summed E-state index contributed by atoms with van der Waals surface area (Å²) in [5, 5.41) is 10.8. The Kier molecular flexibility index (Phi) is 3.06. The number of hydrogen-bond acceptors (Lipinski definition) is 3. The fourth-order valence-electron chi connectivity index (χ4n) is 1.71. The number of carbonyl (C=O) groups excluding carboxylic acids is 1. The van der Waals surface area contributed by atoms with Crippen LogP contribution in [-0.4, -0.2) is 13.1 Å². The van der Waals surface area contributed by atoms with Gasteiger partial charge in [0.25, 0.3) is 0 Å². The van der Waals surface area contributed by atoms with Crippen LogP contribution < -0.4 is 0 Å². The lowest BCUT2D eigenvalue weighted by molar-refractivity contribution is -0.139. The molecular weight excluding hydrogens is 214 g/mol. The fourth-order valence-corrected chi connectivity index (χ4v) is 1.71. The highest BCUT2D eigenvalue weighted by Gasteiger charge is 2.04. The number of rotatable bonds is 2. The van der Waals surface area contributed by atoms with Gasteiger partial charge in [-0.25, -0.2) is 0 Å². The molecule has 0 spiro atoms. The standard InChI is InChI=1S/C14H11NO2/c1-17-14(16)8-10-2-4-13-7-11(9-15)3-5-12(13)6-10/h2-7H,8H2,1H3. The van der Waals surface area contributed by atoms with Crippen LogP contribution in [-0.2, 0) is 16.0 Å². The SMILES string of the molecule is COC(=O)Cc1ccc2cc(C#N)ccc2c1. The molecule has 0 unspecified atom stereocenters. The summed E-state index contributed by atoms with van der Waals surface area (Å²) in [5.41, 5.74) is 1.55. The fraction of sp³-hybridized carbons (Fsp3) is 0.143. The Morgan fingerprint density at radius 3 is 2.65 bits per heavy atom. The summed E-state index contributed by atoms with van der Waals surface area (Å²) in [6.45, 7) is 0. The number of hydrogen-bond donors (Lipinski definition) is 0. The van der Waals surface area contributed by atoms with Gasteiger partial charge in [0.1, 0.15) is 0 Å². The molecule has 0 bridgehead atoms. The van der Waals surface area contributed by atoms with Crippen molar-refractivity contribution in [1.82, 2.24) is 0 Å². The van der Waals surface area contributed by atoms with Crippen molar-refractivity contribution >= 4 is 16.7 Å². The van der Waals surface area contributed by atoms with E-state index in [1.807, 2.05) is 30.3 Å². The normalized spacial score (nSPS) is 9.88. The molecule has 0 saturated heterocycles. The zero-order valence-corrected chi connectivity index (χ0v) is 9.43. The van der Waals surface area contributed by atoms with E-state index in [0.29, 0.717) is 5.56 Å². The van der Waals surface area contributed by atoms with E-state index in [0.717, 1.165) is 16.3 Å². The van der Waals surface area contributed by atoms with Crippen LogP contribution in [0.2, 0.25) is 0 Å². The van der Waals surface area contributed by atoms with Gasteiger partial charge in [-0.05, 0) is 28.5 Å². The Hall–Kier alpha value is -2.34. The maximum Gasteiger partial charge on any atom is 0.309 e. The van der Waals surface area contributed by atoms with E-state index < -0.39 is 0 Å². The number of fused-ring (bicyclic) bond motifs is 1. The van der Waals surface area contributed by atoms with Crippen molar-refractivity contribution in [3.63, 3.8) is 0 Å². The van der Waals surface area contributed by atoms with Crippen LogP contribution in [0.4, 0.5) is 0 Å². The van der Waals surface area contributed by atoms with E-state index >= 15 is 0 Å². The minimum atomic E-state index is -0.252. The van der Waals surface area contributed by atoms with Crippen molar-refractivity contribution < 1.29 is 9.53 Å². The Morgan fingerprint density at radius 2 is 1.94 bits per heavy atom. The van der Waals surface area contributed by atoms with Crippen molar-refractivity contribution in [3.8, 4) is 6.07 Å². The Labute approximate surface area is 99.2 Å². The largest absolute Gasteiger partial charge is 0.469 e. The van der Waals surface area contributed by atoms with Gasteiger partial charge in [0.15, 0.2) is 0 Å². The van der Waals surface area contributed by atoms with E-state index in [2.05, 4.69) is 10.8 Å². The van der Waals surface area contributed by atoms with Gasteiger partial charge in [-0.15, -0.1) is 0 Å². The third kappa shape index (κ3) is 2.43. The maximum absolute atomic E-state index is 11.2. The van der Waals surface area contributed by atoms with Crippen LogP contribution in [0.25, 0.3) is 10.8 Å². The average Bonchev–Trinajstić information content (AvgIpc) is 2.38. The molecule has 0 fully saturated rings. The summed E-state index contributed by atoms with van der Waals surface area (Å²) in [5.74, 6) is -0.252. The average molecular weight is 225 g/mol. The molecule has 2 aromatic rings. The van der Waals surface area contributed by atoms with Crippen LogP contribution in [0.15, 0.2) is 36.4 Å². The molecule has 0 aliphatic heterocycles. The van der Waals surface area contributed by atoms with Gasteiger partial charge >= 0.3 is 5.97 Å². The van der Waals surface area contributed by atoms with Crippen LogP contribution >= 0.6 is 0 Å². The first-order chi connectivity index (χ1) is 8.22. The minimum Gasteiger partial charge on any atom is -0.469 e. The minimum absolute atomic E-state index is 0.252. The molecule has 0 aliphatic carbocycles. The Balaban J connectivity index is 2.39. The second kappa shape index (κ2) is 4.67. The lowest BCUT2D eigenvalue weighted by Gasteiger charge is -2.03. The molecule has 0 aromatic heterocycles. The Bertz CT molecular complexity index is 611. The van der Waals surface area contributed by atoms with Crippen molar-refractivity contribution in [1.29, 1.82) is 5.26 Å². The summed E-state index contributed by atoms with van der Waals surface area (Å²) in [6, 6.07) is 13.3. The van der Waals surface area contributed by atoms with Crippen LogP contribution in [0.3, 0.4) is 0 Å². The molecule has 0 aliphatic rings. The van der Waals surface area contributed by atoms with Crippen LogP contribution in [0, 0.1) is 11.3 Å². The quantitative estimate of drug-likeness (QED) is 0.737. The summed E-state index contributed by atoms with van der Waals surface area (Å²) >= 11 is 0. The molecule has 84 valence electrons. The highest BCUT2D eigenvalue weighted by molar-refractivity contribution is 5.85. The van der Waals surface area contributed by atoms with Gasteiger partial charge in [-0.2, -0.15) is 5.26 Å². The number of methoxy groups -OCH3 is 1. The van der Waals surface area contributed by atoms with Gasteiger partial charge in [-0.3, -0.25) is 4.79 Å². The van der Waals surface area contributed by atoms with Gasteiger partial charge in [-0.1, -0.05) is 24.3 Å². The third-order valence-corrected chi connectivity index (χ3v) is 2.61. The molecule has 2 aromatic carbocycles. The van der Waals surface area contributed by atoms with Crippen molar-refractivity contribution in [2.45, 2.75) is 6.42 Å². The molecule has 3 heteroatoms. The zero-order chi connectivity index (χ0) is 12.3. The third-order valence-electron chi connectivity index (χ3n) is 2.61. The molecular formula is C14H11NO2. The first kappa shape index (κ1) is 11.2. The second-order valence-electron chi connectivity index (χ2n) is 3.76. The maximum atomic E-state index is 11.2. The highest BCUT2D eigenvalue weighted by Crippen LogP contribution is 2.18. The highest BCUT2D eigenvalue weighted by atomic mass is 16.5. The van der Waals surface area contributed by atoms with E-state index in [-0.39, 0.29) is 12.4 Å². The summed E-state index contributed by atoms with van der Waals surface area (Å²) in [4.78, 5) is 11.2. The van der Waals surface area contributed by atoms with Crippen molar-refractivity contribution in [3.05, 3.63) is 47.5 Å². The topological polar surface area (TPSA) is 50.1 Å². The molecule has 3 nitrogen and oxygen atoms in total. The molecule has 0 saturated carbocycles. The predicted molar refractivity (Wildman–Crippen MR) is 64.4 cm³/mol. The number of benzene rings is 2. The summed E-state index contributed by atoms with van der Waals surface area (Å²) in [6.07, 6.45) is 0.270. The summed E-state index contributed by atoms with van der Waals surface area (Å²) in [7, 11) is 1.38. The van der Waals surface area contributed by atoms with Gasteiger partial charge in [0, 0.05) is 0 Å². The first-order valence-corrected chi connectivity index (χ1v) is 5.22. The van der Waals surface area contributed by atoms with E-state index in [1.54, 1.807) is 6.07 Å². The Morgan fingerprint density at radius 1 is 1.24 bits per heavy atom. The van der Waals surface area contributed by atoms with Crippen LogP contribution in [0.1, 0.15) is 11.1 Å². The monoisotopic (exact) mass is 225 g/mol. The molecule has 0 N–H and O–H groups in total. The van der Waals surface area contributed by atoms with E-state index in [4.69, 9.17) is 5.26 Å². The molecule has 17 heavy (non-hydrogen) atoms. The van der Waals surface area contributed by atoms with Gasteiger partial charge in [0.2, 0.25) is 0 Å². The molecule has 0 heterocycles. The lowest BCUT2D eigenvalue weighted by atomic mass is 10.0. The number of nitrogens with zero attached hydrogens (tertiary/aromatic N) is 1. The number of ether oxygens (including phenoxy) is 1. The van der Waals surface area contributed by atoms with Gasteiger partial charge in [0.05, 0.1) is 25.2 Å². The van der Waals surface area contributed by atoms with Gasteiger partial charge < -0.3 is 4.74 Å². The lowest BCUT2D eigenvalue weighted by Crippen LogP contribution is -2.04. The molecule has 0 radical (unpaired) electrons. The number of esters is 1. The van der Waals surface area contributed by atoms with Crippen molar-refractivity contribution in [2.24, 2.45) is 0 Å². The number of carbonyl (C=O) groups is 1. The first-order valence-electron chi connectivity index (χ1n) is 5.22. The molecule has 2 rings (SSSR count). The predicted octanol–water partition coefficient (Wildman–Crippen LogP) is 2.43. The zero-order valence-electron chi connectivity index (χ0n) is 9.43. The van der Waals surface area contributed by atoms with Crippen molar-refractivity contribution in [2.75, 3.05) is 7.11 Å². The van der Waals surface area contributed by atoms with Crippen LogP contribution in [0.5, 0.6) is 0 Å². The second-order valence-corrected chi connectivity index (χ2v) is 3.76. The number of nitriles is 1. The smallest absolute Gasteiger partial charge is 0.309 e. The summed E-state index contributed by atoms with van der Waals surface area (Å²) < 4.78 is 4.62. The van der Waals surface area contributed by atoms with E-state index in [9.17, 15) is 4.79 Å².